The Balaban J connectivity index is 1.95. The topological polar surface area (TPSA) is 71.7 Å². The molecule has 0 aromatic carbocycles. The highest BCUT2D eigenvalue weighted by atomic mass is 35.5. The molecule has 130 valence electrons. The molecule has 1 N–H and O–H groups in total. The van der Waals surface area contributed by atoms with Crippen LogP contribution in [-0.4, -0.2) is 45.7 Å². The number of anilines is 1. The van der Waals surface area contributed by atoms with Gasteiger partial charge in [0.05, 0.1) is 6.57 Å². The van der Waals surface area contributed by atoms with Crippen LogP contribution in [0.2, 0.25) is 5.15 Å². The maximum atomic E-state index is 12.2. The molecule has 0 saturated carbocycles. The van der Waals surface area contributed by atoms with Gasteiger partial charge in [0.1, 0.15) is 10.8 Å². The Bertz CT molecular complexity index is 653. The number of ether oxygens (including phenoxy) is 1. The molecular weight excluding hydrogens is 330 g/mol. The molecule has 1 aromatic rings. The smallest absolute Gasteiger partial charge is 0.410 e. The first-order chi connectivity index (χ1) is 11.2. The Labute approximate surface area is 147 Å². The van der Waals surface area contributed by atoms with Crippen LogP contribution in [0.4, 0.5) is 16.4 Å². The summed E-state index contributed by atoms with van der Waals surface area (Å²) in [6.07, 6.45) is 1.88. The minimum atomic E-state index is -0.495. The van der Waals surface area contributed by atoms with Gasteiger partial charge in [0.15, 0.2) is 0 Å². The Kier molecular flexibility index (Phi) is 5.50. The summed E-state index contributed by atoms with van der Waals surface area (Å²) in [5, 5.41) is 3.38. The van der Waals surface area contributed by atoms with Gasteiger partial charge >= 0.3 is 6.09 Å². The van der Waals surface area contributed by atoms with Gasteiger partial charge in [-0.15, -0.1) is 0 Å². The van der Waals surface area contributed by atoms with Gasteiger partial charge in [-0.05, 0) is 33.1 Å². The Morgan fingerprint density at radius 1 is 1.54 bits per heavy atom. The maximum absolute atomic E-state index is 12.2. The summed E-state index contributed by atoms with van der Waals surface area (Å²) >= 11 is 5.94. The molecule has 2 heterocycles. The summed E-state index contributed by atoms with van der Waals surface area (Å²) in [4.78, 5) is 25.3. The van der Waals surface area contributed by atoms with E-state index in [2.05, 4.69) is 27.1 Å². The van der Waals surface area contributed by atoms with E-state index in [1.807, 2.05) is 20.8 Å². The van der Waals surface area contributed by atoms with Gasteiger partial charge in [-0.25, -0.2) is 19.6 Å². The molecule has 2 rings (SSSR count). The fourth-order valence-corrected chi connectivity index (χ4v) is 2.69. The van der Waals surface area contributed by atoms with Crippen LogP contribution in [0.15, 0.2) is 6.20 Å². The molecule has 8 heteroatoms. The summed E-state index contributed by atoms with van der Waals surface area (Å²) in [6, 6.07) is 0.124. The Hall–Kier alpha value is -2.07. The van der Waals surface area contributed by atoms with E-state index in [9.17, 15) is 4.79 Å². The highest BCUT2D eigenvalue weighted by Crippen LogP contribution is 2.25. The minimum Gasteiger partial charge on any atom is -0.444 e. The van der Waals surface area contributed by atoms with Crippen molar-refractivity contribution in [1.29, 1.82) is 0 Å². The second-order valence-corrected chi connectivity index (χ2v) is 7.28. The highest BCUT2D eigenvalue weighted by molar-refractivity contribution is 6.32. The van der Waals surface area contributed by atoms with Crippen LogP contribution in [0.25, 0.3) is 4.85 Å². The number of rotatable bonds is 2. The number of carbonyl (C=O) groups is 1. The van der Waals surface area contributed by atoms with Crippen molar-refractivity contribution in [3.05, 3.63) is 22.8 Å². The lowest BCUT2D eigenvalue weighted by Crippen LogP contribution is -2.49. The van der Waals surface area contributed by atoms with Crippen LogP contribution in [0.5, 0.6) is 0 Å². The predicted molar refractivity (Wildman–Crippen MR) is 92.3 cm³/mol. The number of halogens is 1. The number of nitrogens with zero attached hydrogens (tertiary/aromatic N) is 4. The second-order valence-electron chi connectivity index (χ2n) is 6.92. The lowest BCUT2D eigenvalue weighted by molar-refractivity contribution is 0.0165. The van der Waals surface area contributed by atoms with E-state index in [0.717, 1.165) is 6.42 Å². The van der Waals surface area contributed by atoms with E-state index >= 15 is 0 Å². The molecule has 7 nitrogen and oxygen atoms in total. The summed E-state index contributed by atoms with van der Waals surface area (Å²) < 4.78 is 5.42. The van der Waals surface area contributed by atoms with Crippen molar-refractivity contribution < 1.29 is 9.53 Å². The Morgan fingerprint density at radius 3 is 2.79 bits per heavy atom. The SMILES string of the molecule is [C-]#[N+]c1cnc(N[C@H]2CCN(C(=O)OC(C)(C)C)C[C@H]2C)nc1Cl. The molecule has 1 aliphatic rings. The number of hydrogen-bond acceptors (Lipinski definition) is 5. The molecule has 0 bridgehead atoms. The van der Waals surface area contributed by atoms with Crippen LogP contribution in [0, 0.1) is 12.5 Å². The van der Waals surface area contributed by atoms with Gasteiger partial charge in [0.2, 0.25) is 11.6 Å². The number of aromatic nitrogens is 2. The molecule has 1 aliphatic heterocycles. The van der Waals surface area contributed by atoms with Gasteiger partial charge < -0.3 is 15.0 Å². The predicted octanol–water partition coefficient (Wildman–Crippen LogP) is 3.74. The van der Waals surface area contributed by atoms with E-state index in [1.165, 1.54) is 6.20 Å². The molecule has 0 spiro atoms. The van der Waals surface area contributed by atoms with Crippen molar-refractivity contribution in [1.82, 2.24) is 14.9 Å². The molecule has 1 amide bonds. The van der Waals surface area contributed by atoms with E-state index in [1.54, 1.807) is 4.90 Å². The summed E-state index contributed by atoms with van der Waals surface area (Å²) in [7, 11) is 0. The largest absolute Gasteiger partial charge is 0.444 e. The van der Waals surface area contributed by atoms with Crippen LogP contribution >= 0.6 is 11.6 Å². The molecule has 0 aliphatic carbocycles. The zero-order valence-corrected chi connectivity index (χ0v) is 15.1. The fourth-order valence-electron chi connectivity index (χ4n) is 2.52. The zero-order chi connectivity index (χ0) is 17.9. The van der Waals surface area contributed by atoms with Gasteiger partial charge in [-0.3, -0.25) is 0 Å². The average Bonchev–Trinajstić information content (AvgIpc) is 2.47. The first-order valence-electron chi connectivity index (χ1n) is 7.84. The molecule has 0 radical (unpaired) electrons. The van der Waals surface area contributed by atoms with E-state index in [0.29, 0.717) is 19.0 Å². The summed E-state index contributed by atoms with van der Waals surface area (Å²) in [5.41, 5.74) is -0.264. The van der Waals surface area contributed by atoms with Crippen molar-refractivity contribution in [3.63, 3.8) is 0 Å². The molecule has 24 heavy (non-hydrogen) atoms. The van der Waals surface area contributed by atoms with E-state index in [-0.39, 0.29) is 28.9 Å². The highest BCUT2D eigenvalue weighted by Gasteiger charge is 2.31. The maximum Gasteiger partial charge on any atom is 0.410 e. The molecule has 0 unspecified atom stereocenters. The Morgan fingerprint density at radius 2 is 2.25 bits per heavy atom. The third-order valence-electron chi connectivity index (χ3n) is 3.72. The van der Waals surface area contributed by atoms with Crippen molar-refractivity contribution in [2.75, 3.05) is 18.4 Å². The number of hydrogen-bond donors (Lipinski definition) is 1. The first kappa shape index (κ1) is 18.3. The standard InChI is InChI=1S/C16H22ClN5O2/c1-10-9-22(15(23)24-16(2,3)4)7-6-11(10)20-14-19-8-12(18-5)13(17)21-14/h8,10-11H,6-7,9H2,1-4H3,(H,19,20,21)/t10-,11+/m1/s1. The number of nitrogens with one attached hydrogen (secondary N) is 1. The van der Waals surface area contributed by atoms with Gasteiger partial charge in [0, 0.05) is 25.3 Å². The number of carbonyl (C=O) groups excluding carboxylic acids is 1. The first-order valence-corrected chi connectivity index (χ1v) is 8.22. The quantitative estimate of drug-likeness (QED) is 0.649. The van der Waals surface area contributed by atoms with Gasteiger partial charge in [-0.2, -0.15) is 0 Å². The minimum absolute atomic E-state index is 0.124. The van der Waals surface area contributed by atoms with E-state index in [4.69, 9.17) is 22.9 Å². The second kappa shape index (κ2) is 7.22. The molecule has 1 fully saturated rings. The van der Waals surface area contributed by atoms with Crippen LogP contribution in [-0.2, 0) is 4.74 Å². The summed E-state index contributed by atoms with van der Waals surface area (Å²) in [6.45, 7) is 15.8. The van der Waals surface area contributed by atoms with Crippen molar-refractivity contribution in [2.24, 2.45) is 5.92 Å². The number of likely N-dealkylation sites (tertiary alicyclic amines) is 1. The van der Waals surface area contributed by atoms with Crippen LogP contribution in [0.3, 0.4) is 0 Å². The molecule has 1 saturated heterocycles. The normalized spacial score (nSPS) is 21.1. The molecule has 2 atom stereocenters. The number of piperidine rings is 1. The monoisotopic (exact) mass is 351 g/mol. The van der Waals surface area contributed by atoms with Gasteiger partial charge in [-0.1, -0.05) is 18.5 Å². The van der Waals surface area contributed by atoms with Crippen molar-refractivity contribution in [2.45, 2.75) is 45.8 Å². The lowest BCUT2D eigenvalue weighted by Gasteiger charge is -2.37. The fraction of sp³-hybridized carbons (Fsp3) is 0.625. The van der Waals surface area contributed by atoms with E-state index < -0.39 is 5.60 Å². The number of amides is 1. The van der Waals surface area contributed by atoms with Gasteiger partial charge in [0.25, 0.3) is 0 Å². The lowest BCUT2D eigenvalue weighted by atomic mass is 9.94. The molecular formula is C16H22ClN5O2. The summed E-state index contributed by atoms with van der Waals surface area (Å²) in [5.74, 6) is 0.601. The van der Waals surface area contributed by atoms with Crippen LogP contribution in [0.1, 0.15) is 34.1 Å². The third kappa shape index (κ3) is 4.71. The van der Waals surface area contributed by atoms with Crippen LogP contribution < -0.4 is 5.32 Å². The average molecular weight is 352 g/mol. The molecule has 1 aromatic heterocycles. The third-order valence-corrected chi connectivity index (χ3v) is 3.99. The zero-order valence-electron chi connectivity index (χ0n) is 14.3. The van der Waals surface area contributed by atoms with Crippen molar-refractivity contribution in [3.8, 4) is 0 Å². The van der Waals surface area contributed by atoms with Crippen molar-refractivity contribution >= 4 is 29.3 Å².